The summed E-state index contributed by atoms with van der Waals surface area (Å²) in [6.07, 6.45) is 1.65. The molecule has 0 radical (unpaired) electrons. The minimum atomic E-state index is -0.397. The molecular weight excluding hydrogens is 202 g/mol. The third-order valence-corrected chi connectivity index (χ3v) is 1.97. The summed E-state index contributed by atoms with van der Waals surface area (Å²) in [5.74, 6) is 0. The van der Waals surface area contributed by atoms with Crippen LogP contribution in [-0.4, -0.2) is 15.2 Å². The number of aromatic nitrogens is 3. The smallest absolute Gasteiger partial charge is 0.266 e. The molecule has 0 saturated heterocycles. The maximum absolute atomic E-state index is 10.9. The van der Waals surface area contributed by atoms with Crippen molar-refractivity contribution in [2.24, 2.45) is 0 Å². The Bertz CT molecular complexity index is 495. The van der Waals surface area contributed by atoms with Gasteiger partial charge in [-0.3, -0.25) is 9.78 Å². The van der Waals surface area contributed by atoms with E-state index in [-0.39, 0.29) is 5.02 Å². The molecule has 0 aromatic carbocycles. The van der Waals surface area contributed by atoms with Gasteiger partial charge in [-0.2, -0.15) is 5.10 Å². The summed E-state index contributed by atoms with van der Waals surface area (Å²) in [5, 5.41) is 6.23. The van der Waals surface area contributed by atoms with Crippen molar-refractivity contribution in [1.29, 1.82) is 0 Å². The second-order valence-corrected chi connectivity index (χ2v) is 3.05. The molecule has 0 bridgehead atoms. The molecular formula is C9H6ClN3O. The third-order valence-electron chi connectivity index (χ3n) is 1.69. The molecule has 0 aliphatic heterocycles. The fraction of sp³-hybridized carbons (Fsp3) is 0. The number of pyridine rings is 1. The van der Waals surface area contributed by atoms with E-state index >= 15 is 0 Å². The first-order valence-corrected chi connectivity index (χ1v) is 4.32. The number of H-pyrrole nitrogens is 1. The van der Waals surface area contributed by atoms with Gasteiger partial charge in [0.25, 0.3) is 5.56 Å². The molecule has 0 unspecified atom stereocenters. The molecule has 0 aliphatic rings. The first kappa shape index (κ1) is 8.90. The highest BCUT2D eigenvalue weighted by molar-refractivity contribution is 6.30. The Labute approximate surface area is 84.6 Å². The van der Waals surface area contributed by atoms with E-state index in [1.807, 2.05) is 6.07 Å². The topological polar surface area (TPSA) is 58.6 Å². The van der Waals surface area contributed by atoms with Crippen molar-refractivity contribution in [1.82, 2.24) is 15.2 Å². The van der Waals surface area contributed by atoms with E-state index in [9.17, 15) is 4.79 Å². The van der Waals surface area contributed by atoms with Crippen LogP contribution in [0.5, 0.6) is 0 Å². The first-order chi connectivity index (χ1) is 6.77. The van der Waals surface area contributed by atoms with Gasteiger partial charge in [-0.1, -0.05) is 17.7 Å². The Morgan fingerprint density at radius 3 is 2.79 bits per heavy atom. The minimum absolute atomic E-state index is 0.112. The molecule has 2 aromatic rings. The molecule has 0 saturated carbocycles. The van der Waals surface area contributed by atoms with Gasteiger partial charge in [0.1, 0.15) is 10.7 Å². The lowest BCUT2D eigenvalue weighted by Gasteiger charge is -1.97. The summed E-state index contributed by atoms with van der Waals surface area (Å²) < 4.78 is 0. The highest BCUT2D eigenvalue weighted by atomic mass is 35.5. The van der Waals surface area contributed by atoms with Crippen LogP contribution >= 0.6 is 11.6 Å². The quantitative estimate of drug-likeness (QED) is 0.771. The molecule has 70 valence electrons. The Hall–Kier alpha value is -1.68. The zero-order chi connectivity index (χ0) is 9.97. The summed E-state index contributed by atoms with van der Waals surface area (Å²) in [4.78, 5) is 15.0. The van der Waals surface area contributed by atoms with Crippen molar-refractivity contribution in [2.75, 3.05) is 0 Å². The van der Waals surface area contributed by atoms with Crippen LogP contribution in [0.15, 0.2) is 35.3 Å². The summed E-state index contributed by atoms with van der Waals surface area (Å²) in [6.45, 7) is 0. The van der Waals surface area contributed by atoms with Crippen molar-refractivity contribution in [3.8, 4) is 11.4 Å². The molecule has 1 N–H and O–H groups in total. The summed E-state index contributed by atoms with van der Waals surface area (Å²) in [5.41, 5.74) is 0.826. The predicted octanol–water partition coefficient (Wildman–Crippen LogP) is 1.49. The van der Waals surface area contributed by atoms with Crippen molar-refractivity contribution in [2.45, 2.75) is 0 Å². The Balaban J connectivity index is 2.54. The SMILES string of the molecule is O=c1[nH]nc(-c2ccccn2)cc1Cl. The third kappa shape index (κ3) is 1.65. The van der Waals surface area contributed by atoms with E-state index in [0.717, 1.165) is 0 Å². The molecule has 0 atom stereocenters. The largest absolute Gasteiger partial charge is 0.282 e. The molecule has 0 aliphatic carbocycles. The zero-order valence-corrected chi connectivity index (χ0v) is 7.82. The lowest BCUT2D eigenvalue weighted by Crippen LogP contribution is -2.08. The van der Waals surface area contributed by atoms with Gasteiger partial charge in [0.15, 0.2) is 0 Å². The molecule has 2 aromatic heterocycles. The van der Waals surface area contributed by atoms with Crippen molar-refractivity contribution in [3.63, 3.8) is 0 Å². The lowest BCUT2D eigenvalue weighted by atomic mass is 10.2. The van der Waals surface area contributed by atoms with Crippen molar-refractivity contribution < 1.29 is 0 Å². The molecule has 0 spiro atoms. The summed E-state index contributed by atoms with van der Waals surface area (Å²) >= 11 is 5.65. The fourth-order valence-corrected chi connectivity index (χ4v) is 1.17. The summed E-state index contributed by atoms with van der Waals surface area (Å²) in [7, 11) is 0. The standard InChI is InChI=1S/C9H6ClN3O/c10-6-5-8(12-13-9(6)14)7-3-1-2-4-11-7/h1-5H,(H,13,14). The second-order valence-electron chi connectivity index (χ2n) is 2.65. The van der Waals surface area contributed by atoms with Gasteiger partial charge < -0.3 is 0 Å². The van der Waals surface area contributed by atoms with Crippen LogP contribution in [0.25, 0.3) is 11.4 Å². The van der Waals surface area contributed by atoms with Crippen LogP contribution in [0.4, 0.5) is 0 Å². The van der Waals surface area contributed by atoms with Crippen molar-refractivity contribution >= 4 is 11.6 Å². The number of nitrogens with one attached hydrogen (secondary N) is 1. The number of halogens is 1. The van der Waals surface area contributed by atoms with Crippen LogP contribution in [0, 0.1) is 0 Å². The highest BCUT2D eigenvalue weighted by Gasteiger charge is 2.03. The number of rotatable bonds is 1. The van der Waals surface area contributed by atoms with E-state index in [4.69, 9.17) is 11.6 Å². The van der Waals surface area contributed by atoms with E-state index in [1.165, 1.54) is 6.07 Å². The lowest BCUT2D eigenvalue weighted by molar-refractivity contribution is 0.989. The number of aromatic amines is 1. The zero-order valence-electron chi connectivity index (χ0n) is 7.07. The van der Waals surface area contributed by atoms with Gasteiger partial charge in [-0.15, -0.1) is 0 Å². The average Bonchev–Trinajstić information content (AvgIpc) is 2.23. The normalized spacial score (nSPS) is 10.1. The van der Waals surface area contributed by atoms with Crippen LogP contribution in [0.2, 0.25) is 5.02 Å². The van der Waals surface area contributed by atoms with E-state index in [1.54, 1.807) is 18.3 Å². The first-order valence-electron chi connectivity index (χ1n) is 3.94. The molecule has 4 nitrogen and oxygen atoms in total. The number of nitrogens with zero attached hydrogens (tertiary/aromatic N) is 2. The predicted molar refractivity (Wildman–Crippen MR) is 53.1 cm³/mol. The maximum Gasteiger partial charge on any atom is 0.282 e. The van der Waals surface area contributed by atoms with Gasteiger partial charge in [0.2, 0.25) is 0 Å². The molecule has 0 amide bonds. The molecule has 14 heavy (non-hydrogen) atoms. The second kappa shape index (κ2) is 3.59. The Morgan fingerprint density at radius 2 is 2.14 bits per heavy atom. The number of hydrogen-bond acceptors (Lipinski definition) is 3. The van der Waals surface area contributed by atoms with E-state index < -0.39 is 5.56 Å². The van der Waals surface area contributed by atoms with Crippen LogP contribution in [0.1, 0.15) is 0 Å². The Kier molecular flexibility index (Phi) is 2.28. The van der Waals surface area contributed by atoms with Gasteiger partial charge in [0, 0.05) is 6.20 Å². The fourth-order valence-electron chi connectivity index (χ4n) is 1.03. The van der Waals surface area contributed by atoms with E-state index in [0.29, 0.717) is 11.4 Å². The van der Waals surface area contributed by atoms with Crippen LogP contribution < -0.4 is 5.56 Å². The molecule has 5 heteroatoms. The van der Waals surface area contributed by atoms with Gasteiger partial charge in [-0.05, 0) is 18.2 Å². The highest BCUT2D eigenvalue weighted by Crippen LogP contribution is 2.13. The van der Waals surface area contributed by atoms with Gasteiger partial charge >= 0.3 is 0 Å². The summed E-state index contributed by atoms with van der Waals surface area (Å²) in [6, 6.07) is 6.92. The Morgan fingerprint density at radius 1 is 1.29 bits per heavy atom. The number of hydrogen-bond donors (Lipinski definition) is 1. The van der Waals surface area contributed by atoms with E-state index in [2.05, 4.69) is 15.2 Å². The van der Waals surface area contributed by atoms with Crippen LogP contribution in [-0.2, 0) is 0 Å². The van der Waals surface area contributed by atoms with Crippen molar-refractivity contribution in [3.05, 3.63) is 45.8 Å². The minimum Gasteiger partial charge on any atom is -0.266 e. The van der Waals surface area contributed by atoms with Gasteiger partial charge in [-0.25, -0.2) is 5.10 Å². The molecule has 2 rings (SSSR count). The maximum atomic E-state index is 10.9. The molecule has 0 fully saturated rings. The molecule has 2 heterocycles. The monoisotopic (exact) mass is 207 g/mol. The van der Waals surface area contributed by atoms with Gasteiger partial charge in [0.05, 0.1) is 5.69 Å². The average molecular weight is 208 g/mol. The van der Waals surface area contributed by atoms with Crippen LogP contribution in [0.3, 0.4) is 0 Å².